The predicted octanol–water partition coefficient (Wildman–Crippen LogP) is 3.38. The lowest BCUT2D eigenvalue weighted by Crippen LogP contribution is -2.17. The molecular weight excluding hydrogens is 284 g/mol. The Labute approximate surface area is 126 Å². The predicted molar refractivity (Wildman–Crippen MR) is 83.5 cm³/mol. The second-order valence-electron chi connectivity index (χ2n) is 4.64. The van der Waals surface area contributed by atoms with Gasteiger partial charge in [-0.2, -0.15) is 0 Å². The molecule has 2 amide bonds. The second-order valence-corrected chi connectivity index (χ2v) is 5.66. The molecule has 104 valence electrons. The zero-order valence-corrected chi connectivity index (χ0v) is 12.1. The summed E-state index contributed by atoms with van der Waals surface area (Å²) >= 11 is 0.914. The number of imide groups is 1. The van der Waals surface area contributed by atoms with Crippen molar-refractivity contribution in [3.8, 4) is 11.3 Å². The van der Waals surface area contributed by atoms with E-state index < -0.39 is 0 Å². The second kappa shape index (κ2) is 5.54. The van der Waals surface area contributed by atoms with Crippen LogP contribution < -0.4 is 5.32 Å². The third kappa shape index (κ3) is 2.87. The number of carbonyl (C=O) groups excluding carboxylic acids is 2. The van der Waals surface area contributed by atoms with Gasteiger partial charge in [-0.05, 0) is 48.0 Å². The summed E-state index contributed by atoms with van der Waals surface area (Å²) in [5.74, 6) is -0.348. The van der Waals surface area contributed by atoms with Crippen molar-refractivity contribution < 1.29 is 9.59 Å². The van der Waals surface area contributed by atoms with Crippen LogP contribution in [0.25, 0.3) is 17.3 Å². The van der Waals surface area contributed by atoms with Crippen molar-refractivity contribution in [2.45, 2.75) is 6.92 Å². The van der Waals surface area contributed by atoms with Crippen molar-refractivity contribution in [3.63, 3.8) is 0 Å². The average Bonchev–Trinajstić information content (AvgIpc) is 2.78. The molecule has 2 aromatic rings. The molecule has 5 heteroatoms. The lowest BCUT2D eigenvalue weighted by atomic mass is 10.0. The fourth-order valence-corrected chi connectivity index (χ4v) is 2.80. The van der Waals surface area contributed by atoms with Crippen LogP contribution in [0.1, 0.15) is 11.1 Å². The highest BCUT2D eigenvalue weighted by molar-refractivity contribution is 8.18. The van der Waals surface area contributed by atoms with Crippen molar-refractivity contribution in [3.05, 3.63) is 58.6 Å². The standard InChI is InChI=1S/C16H12N2O2S/c1-10-4-2-3-5-12(10)13-8-11(6-7-17-13)9-14-15(19)18-16(20)21-14/h2-9H,1H3,(H,18,19,20). The Bertz CT molecular complexity index is 768. The van der Waals surface area contributed by atoms with E-state index in [1.807, 2.05) is 43.3 Å². The minimum Gasteiger partial charge on any atom is -0.282 e. The summed E-state index contributed by atoms with van der Waals surface area (Å²) in [6, 6.07) is 11.7. The molecule has 1 aromatic carbocycles. The minimum atomic E-state index is -0.348. The van der Waals surface area contributed by atoms with E-state index in [9.17, 15) is 9.59 Å². The van der Waals surface area contributed by atoms with Gasteiger partial charge in [0.05, 0.1) is 10.6 Å². The van der Waals surface area contributed by atoms with E-state index in [2.05, 4.69) is 10.3 Å². The molecule has 0 radical (unpaired) electrons. The zero-order valence-electron chi connectivity index (χ0n) is 11.3. The maximum atomic E-state index is 11.6. The highest BCUT2D eigenvalue weighted by atomic mass is 32.2. The smallest absolute Gasteiger partial charge is 0.282 e. The van der Waals surface area contributed by atoms with Gasteiger partial charge in [-0.15, -0.1) is 0 Å². The first-order valence-electron chi connectivity index (χ1n) is 6.40. The Morgan fingerprint density at radius 2 is 2.00 bits per heavy atom. The van der Waals surface area contributed by atoms with Crippen molar-refractivity contribution in [1.82, 2.24) is 10.3 Å². The van der Waals surface area contributed by atoms with Crippen molar-refractivity contribution >= 4 is 29.0 Å². The molecule has 2 heterocycles. The van der Waals surface area contributed by atoms with Crippen molar-refractivity contribution in [2.75, 3.05) is 0 Å². The number of amides is 2. The minimum absolute atomic E-state index is 0.334. The number of nitrogens with one attached hydrogen (secondary N) is 1. The maximum Gasteiger partial charge on any atom is 0.290 e. The molecule has 3 rings (SSSR count). The van der Waals surface area contributed by atoms with Gasteiger partial charge < -0.3 is 0 Å². The van der Waals surface area contributed by atoms with Gasteiger partial charge >= 0.3 is 0 Å². The molecule has 1 N–H and O–H groups in total. The van der Waals surface area contributed by atoms with Gasteiger partial charge in [0, 0.05) is 11.8 Å². The Kier molecular flexibility index (Phi) is 3.58. The van der Waals surface area contributed by atoms with Gasteiger partial charge in [0.25, 0.3) is 11.1 Å². The Morgan fingerprint density at radius 3 is 2.71 bits per heavy atom. The number of hydrogen-bond donors (Lipinski definition) is 1. The summed E-state index contributed by atoms with van der Waals surface area (Å²) in [7, 11) is 0. The lowest BCUT2D eigenvalue weighted by Gasteiger charge is -2.05. The third-order valence-electron chi connectivity index (χ3n) is 3.14. The van der Waals surface area contributed by atoms with E-state index >= 15 is 0 Å². The van der Waals surface area contributed by atoms with Gasteiger partial charge in [-0.25, -0.2) is 0 Å². The Hall–Kier alpha value is -2.40. The number of aryl methyl sites for hydroxylation is 1. The molecule has 0 atom stereocenters. The molecule has 0 aliphatic carbocycles. The van der Waals surface area contributed by atoms with Gasteiger partial charge in [0.15, 0.2) is 0 Å². The molecular formula is C16H12N2O2S. The van der Waals surface area contributed by atoms with Crippen LogP contribution in [0.3, 0.4) is 0 Å². The topological polar surface area (TPSA) is 59.1 Å². The highest BCUT2D eigenvalue weighted by Gasteiger charge is 2.24. The maximum absolute atomic E-state index is 11.6. The zero-order chi connectivity index (χ0) is 14.8. The van der Waals surface area contributed by atoms with Crippen LogP contribution in [0.5, 0.6) is 0 Å². The van der Waals surface area contributed by atoms with Crippen LogP contribution in [-0.2, 0) is 4.79 Å². The SMILES string of the molecule is Cc1ccccc1-c1cc(C=C2SC(=O)NC2=O)ccn1. The number of benzene rings is 1. The first-order chi connectivity index (χ1) is 10.1. The van der Waals surface area contributed by atoms with Gasteiger partial charge in [0.2, 0.25) is 0 Å². The third-order valence-corrected chi connectivity index (χ3v) is 3.96. The molecule has 0 bridgehead atoms. The Morgan fingerprint density at radius 1 is 1.19 bits per heavy atom. The van der Waals surface area contributed by atoms with E-state index in [-0.39, 0.29) is 11.1 Å². The molecule has 1 saturated heterocycles. The molecule has 21 heavy (non-hydrogen) atoms. The van der Waals surface area contributed by atoms with Crippen LogP contribution in [0, 0.1) is 6.92 Å². The molecule has 1 aliphatic rings. The van der Waals surface area contributed by atoms with E-state index in [4.69, 9.17) is 0 Å². The molecule has 0 unspecified atom stereocenters. The van der Waals surface area contributed by atoms with E-state index in [1.54, 1.807) is 12.3 Å². The normalized spacial score (nSPS) is 16.3. The number of pyridine rings is 1. The van der Waals surface area contributed by atoms with Crippen LogP contribution in [0.2, 0.25) is 0 Å². The number of aromatic nitrogens is 1. The van der Waals surface area contributed by atoms with Crippen LogP contribution >= 0.6 is 11.8 Å². The van der Waals surface area contributed by atoms with E-state index in [0.717, 1.165) is 34.1 Å². The highest BCUT2D eigenvalue weighted by Crippen LogP contribution is 2.27. The van der Waals surface area contributed by atoms with Crippen molar-refractivity contribution in [1.29, 1.82) is 0 Å². The molecule has 0 saturated carbocycles. The quantitative estimate of drug-likeness (QED) is 0.863. The molecule has 1 aromatic heterocycles. The van der Waals surface area contributed by atoms with Crippen molar-refractivity contribution in [2.24, 2.45) is 0 Å². The van der Waals surface area contributed by atoms with E-state index in [1.165, 1.54) is 0 Å². The summed E-state index contributed by atoms with van der Waals surface area (Å²) in [5.41, 5.74) is 3.88. The summed E-state index contributed by atoms with van der Waals surface area (Å²) in [5, 5.41) is 1.91. The monoisotopic (exact) mass is 296 g/mol. The molecule has 1 fully saturated rings. The molecule has 4 nitrogen and oxygen atoms in total. The van der Waals surface area contributed by atoms with E-state index in [0.29, 0.717) is 4.91 Å². The number of hydrogen-bond acceptors (Lipinski definition) is 4. The van der Waals surface area contributed by atoms with Crippen LogP contribution in [-0.4, -0.2) is 16.1 Å². The molecule has 0 spiro atoms. The van der Waals surface area contributed by atoms with Crippen LogP contribution in [0.4, 0.5) is 4.79 Å². The largest absolute Gasteiger partial charge is 0.290 e. The summed E-state index contributed by atoms with van der Waals surface area (Å²) in [4.78, 5) is 27.5. The fraction of sp³-hybridized carbons (Fsp3) is 0.0625. The van der Waals surface area contributed by atoms with Gasteiger partial charge in [-0.3, -0.25) is 19.9 Å². The van der Waals surface area contributed by atoms with Gasteiger partial charge in [-0.1, -0.05) is 24.3 Å². The van der Waals surface area contributed by atoms with Crippen LogP contribution in [0.15, 0.2) is 47.5 Å². The summed E-state index contributed by atoms with van der Waals surface area (Å²) < 4.78 is 0. The fourth-order valence-electron chi connectivity index (χ4n) is 2.12. The number of thioether (sulfide) groups is 1. The lowest BCUT2D eigenvalue weighted by molar-refractivity contribution is -0.115. The first-order valence-corrected chi connectivity index (χ1v) is 7.22. The summed E-state index contributed by atoms with van der Waals surface area (Å²) in [6.45, 7) is 2.03. The average molecular weight is 296 g/mol. The number of carbonyl (C=O) groups is 2. The van der Waals surface area contributed by atoms with Gasteiger partial charge in [0.1, 0.15) is 0 Å². The molecule has 1 aliphatic heterocycles. The summed E-state index contributed by atoms with van der Waals surface area (Å²) in [6.07, 6.45) is 3.40. The Balaban J connectivity index is 1.98. The first kappa shape index (κ1) is 13.6. The number of rotatable bonds is 2. The number of nitrogens with zero attached hydrogens (tertiary/aromatic N) is 1.